The van der Waals surface area contributed by atoms with E-state index in [0.717, 1.165) is 0 Å². The molecule has 0 heterocycles. The molecule has 0 fully saturated rings. The van der Waals surface area contributed by atoms with Gasteiger partial charge in [0.25, 0.3) is 0 Å². The molecule has 0 aliphatic rings. The number of carbonyl (C=O) groups is 1. The fraction of sp³-hybridized carbons (Fsp3) is 0.364. The summed E-state index contributed by atoms with van der Waals surface area (Å²) in [6, 6.07) is 7.76. The molecule has 5 heteroatoms. The largest absolute Gasteiger partial charge is 0.465 e. The first-order valence-corrected chi connectivity index (χ1v) is 4.82. The van der Waals surface area contributed by atoms with Gasteiger partial charge in [0.2, 0.25) is 0 Å². The van der Waals surface area contributed by atoms with Crippen molar-refractivity contribution in [1.29, 1.82) is 0 Å². The van der Waals surface area contributed by atoms with Gasteiger partial charge in [0, 0.05) is 0 Å². The van der Waals surface area contributed by atoms with Gasteiger partial charge in [-0.3, -0.25) is 4.79 Å². The third-order valence-corrected chi connectivity index (χ3v) is 2.04. The Bertz CT molecular complexity index is 318. The van der Waals surface area contributed by atoms with Gasteiger partial charge in [-0.25, -0.2) is 0 Å². The molecule has 0 saturated carbocycles. The van der Waals surface area contributed by atoms with Crippen LogP contribution in [0.2, 0.25) is 0 Å². The predicted molar refractivity (Wildman–Crippen MR) is 63.3 cm³/mol. The number of halogens is 1. The van der Waals surface area contributed by atoms with E-state index in [-0.39, 0.29) is 19.0 Å². The Morgan fingerprint density at radius 2 is 2.00 bits per heavy atom. The molecule has 3 N–H and O–H groups in total. The highest BCUT2D eigenvalue weighted by atomic mass is 35.5. The summed E-state index contributed by atoms with van der Waals surface area (Å²) >= 11 is 0. The van der Waals surface area contributed by atoms with Gasteiger partial charge in [-0.1, -0.05) is 30.3 Å². The Labute approximate surface area is 101 Å². The summed E-state index contributed by atoms with van der Waals surface area (Å²) in [5.41, 5.74) is 6.16. The second kappa shape index (κ2) is 7.22. The van der Waals surface area contributed by atoms with E-state index in [4.69, 9.17) is 10.5 Å². The van der Waals surface area contributed by atoms with E-state index in [9.17, 15) is 9.90 Å². The second-order valence-electron chi connectivity index (χ2n) is 3.13. The zero-order valence-corrected chi connectivity index (χ0v) is 9.81. The number of rotatable bonds is 4. The fourth-order valence-electron chi connectivity index (χ4n) is 1.22. The van der Waals surface area contributed by atoms with Crippen LogP contribution in [0.25, 0.3) is 0 Å². The lowest BCUT2D eigenvalue weighted by Crippen LogP contribution is -2.38. The van der Waals surface area contributed by atoms with Crippen molar-refractivity contribution in [3.05, 3.63) is 35.9 Å². The van der Waals surface area contributed by atoms with Crippen molar-refractivity contribution in [2.75, 3.05) is 6.61 Å². The summed E-state index contributed by atoms with van der Waals surface area (Å²) in [6.45, 7) is 1.95. The fourth-order valence-corrected chi connectivity index (χ4v) is 1.22. The van der Waals surface area contributed by atoms with E-state index in [1.807, 2.05) is 6.07 Å². The summed E-state index contributed by atoms with van der Waals surface area (Å²) in [5.74, 6) is -0.589. The Morgan fingerprint density at radius 3 is 2.50 bits per heavy atom. The molecule has 0 unspecified atom stereocenters. The monoisotopic (exact) mass is 245 g/mol. The molecule has 1 rings (SSSR count). The van der Waals surface area contributed by atoms with Crippen LogP contribution in [0.5, 0.6) is 0 Å². The molecule has 0 amide bonds. The van der Waals surface area contributed by atoms with Crippen LogP contribution in [-0.4, -0.2) is 23.7 Å². The minimum atomic E-state index is -1.03. The number of benzene rings is 1. The minimum absolute atomic E-state index is 0. The number of aliphatic hydroxyl groups is 1. The van der Waals surface area contributed by atoms with Gasteiger partial charge >= 0.3 is 5.97 Å². The van der Waals surface area contributed by atoms with Crippen molar-refractivity contribution in [1.82, 2.24) is 0 Å². The second-order valence-corrected chi connectivity index (χ2v) is 3.13. The van der Waals surface area contributed by atoms with Gasteiger partial charge in [-0.15, -0.1) is 12.4 Å². The van der Waals surface area contributed by atoms with Gasteiger partial charge < -0.3 is 15.6 Å². The van der Waals surface area contributed by atoms with Gasteiger partial charge in [-0.2, -0.15) is 0 Å². The molecule has 0 aromatic heterocycles. The molecular weight excluding hydrogens is 230 g/mol. The lowest BCUT2D eigenvalue weighted by Gasteiger charge is -2.17. The average Bonchev–Trinajstić information content (AvgIpc) is 2.28. The SMILES string of the molecule is CCOC(=O)[C@@H](N)[C@@H](O)c1ccccc1.Cl. The zero-order valence-electron chi connectivity index (χ0n) is 9.00. The molecule has 0 bridgehead atoms. The van der Waals surface area contributed by atoms with E-state index in [1.165, 1.54) is 0 Å². The summed E-state index contributed by atoms with van der Waals surface area (Å²) < 4.78 is 4.72. The lowest BCUT2D eigenvalue weighted by atomic mass is 10.0. The van der Waals surface area contributed by atoms with E-state index < -0.39 is 18.1 Å². The van der Waals surface area contributed by atoms with Crippen LogP contribution in [0, 0.1) is 0 Å². The summed E-state index contributed by atoms with van der Waals surface area (Å²) in [7, 11) is 0. The Morgan fingerprint density at radius 1 is 1.44 bits per heavy atom. The maximum Gasteiger partial charge on any atom is 0.325 e. The van der Waals surface area contributed by atoms with Crippen molar-refractivity contribution in [2.45, 2.75) is 19.1 Å². The Hall–Kier alpha value is -1.10. The number of carbonyl (C=O) groups excluding carboxylic acids is 1. The molecule has 4 nitrogen and oxygen atoms in total. The van der Waals surface area contributed by atoms with Crippen LogP contribution in [0.3, 0.4) is 0 Å². The zero-order chi connectivity index (χ0) is 11.3. The molecule has 0 spiro atoms. The summed E-state index contributed by atoms with van der Waals surface area (Å²) in [5, 5.41) is 9.76. The normalized spacial score (nSPS) is 13.4. The van der Waals surface area contributed by atoms with Crippen LogP contribution in [0.4, 0.5) is 0 Å². The number of hydrogen-bond donors (Lipinski definition) is 2. The van der Waals surface area contributed by atoms with Crippen LogP contribution in [0.15, 0.2) is 30.3 Å². The number of esters is 1. The highest BCUT2D eigenvalue weighted by molar-refractivity contribution is 5.85. The third-order valence-electron chi connectivity index (χ3n) is 2.04. The van der Waals surface area contributed by atoms with E-state index in [1.54, 1.807) is 31.2 Å². The molecule has 0 saturated heterocycles. The van der Waals surface area contributed by atoms with Crippen LogP contribution in [-0.2, 0) is 9.53 Å². The molecule has 0 aliphatic heterocycles. The van der Waals surface area contributed by atoms with E-state index in [0.29, 0.717) is 5.56 Å². The van der Waals surface area contributed by atoms with Crippen LogP contribution < -0.4 is 5.73 Å². The van der Waals surface area contributed by atoms with Gasteiger partial charge in [0.05, 0.1) is 6.61 Å². The third kappa shape index (κ3) is 3.81. The molecule has 90 valence electrons. The van der Waals surface area contributed by atoms with Crippen LogP contribution in [0.1, 0.15) is 18.6 Å². The molecule has 0 aliphatic carbocycles. The molecule has 0 radical (unpaired) electrons. The molecule has 1 aromatic carbocycles. The number of nitrogens with two attached hydrogens (primary N) is 1. The topological polar surface area (TPSA) is 72.5 Å². The maximum atomic E-state index is 11.3. The van der Waals surface area contributed by atoms with Crippen molar-refractivity contribution in [3.63, 3.8) is 0 Å². The quantitative estimate of drug-likeness (QED) is 0.778. The van der Waals surface area contributed by atoms with Gasteiger partial charge in [0.1, 0.15) is 12.1 Å². The lowest BCUT2D eigenvalue weighted by molar-refractivity contribution is -0.147. The first-order chi connectivity index (χ1) is 7.16. The van der Waals surface area contributed by atoms with Gasteiger partial charge in [0.15, 0.2) is 0 Å². The molecule has 16 heavy (non-hydrogen) atoms. The van der Waals surface area contributed by atoms with E-state index >= 15 is 0 Å². The Balaban J connectivity index is 0.00000225. The summed E-state index contributed by atoms with van der Waals surface area (Å²) in [4.78, 5) is 11.3. The first kappa shape index (κ1) is 14.9. The van der Waals surface area contributed by atoms with Crippen molar-refractivity contribution in [2.24, 2.45) is 5.73 Å². The number of aliphatic hydroxyl groups excluding tert-OH is 1. The number of ether oxygens (including phenoxy) is 1. The Kier molecular flexibility index (Phi) is 6.72. The highest BCUT2D eigenvalue weighted by Gasteiger charge is 2.24. The van der Waals surface area contributed by atoms with Crippen molar-refractivity contribution in [3.8, 4) is 0 Å². The summed E-state index contributed by atoms with van der Waals surface area (Å²) in [6.07, 6.45) is -1.02. The first-order valence-electron chi connectivity index (χ1n) is 4.82. The standard InChI is InChI=1S/C11H15NO3.ClH/c1-2-15-11(14)9(12)10(13)8-6-4-3-5-7-8;/h3-7,9-10,13H,2,12H2,1H3;1H/t9-,10-;/m0./s1. The molecule has 1 aromatic rings. The molecular formula is C11H16ClNO3. The number of hydrogen-bond acceptors (Lipinski definition) is 4. The highest BCUT2D eigenvalue weighted by Crippen LogP contribution is 2.15. The smallest absolute Gasteiger partial charge is 0.325 e. The maximum absolute atomic E-state index is 11.3. The predicted octanol–water partition coefficient (Wildman–Crippen LogP) is 1.03. The van der Waals surface area contributed by atoms with E-state index in [2.05, 4.69) is 0 Å². The van der Waals surface area contributed by atoms with Crippen LogP contribution >= 0.6 is 12.4 Å². The van der Waals surface area contributed by atoms with Crippen molar-refractivity contribution < 1.29 is 14.6 Å². The minimum Gasteiger partial charge on any atom is -0.465 e. The van der Waals surface area contributed by atoms with Crippen molar-refractivity contribution >= 4 is 18.4 Å². The van der Waals surface area contributed by atoms with Gasteiger partial charge in [-0.05, 0) is 12.5 Å². The average molecular weight is 246 g/mol. The molecule has 2 atom stereocenters.